The zero-order valence-corrected chi connectivity index (χ0v) is 14.8. The van der Waals surface area contributed by atoms with Crippen LogP contribution in [0.4, 0.5) is 51.8 Å². The van der Waals surface area contributed by atoms with Gasteiger partial charge in [0, 0.05) is 0 Å². The van der Waals surface area contributed by atoms with E-state index >= 15 is 0 Å². The summed E-state index contributed by atoms with van der Waals surface area (Å²) in [7, 11) is -18.0. The van der Waals surface area contributed by atoms with Crippen LogP contribution in [0.15, 0.2) is 30.3 Å². The summed E-state index contributed by atoms with van der Waals surface area (Å²) in [6.07, 6.45) is 0. The molecule has 0 aliphatic rings. The van der Waals surface area contributed by atoms with Gasteiger partial charge in [-0.15, -0.1) is 0 Å². The summed E-state index contributed by atoms with van der Waals surface area (Å²) in [6, 6.07) is 10.3. The van der Waals surface area contributed by atoms with E-state index in [9.17, 15) is 51.8 Å². The normalized spacial score (nSPS) is 10.5. The SMILES string of the molecule is Cc1ccccc1.F[B-](F)(F)F.F[B-](F)(F)F.F[B-](F)(F)F.[K+]. The largest absolute Gasteiger partial charge is 1.00 e. The van der Waals surface area contributed by atoms with Crippen LogP contribution in [0, 0.1) is 6.92 Å². The van der Waals surface area contributed by atoms with E-state index in [0.29, 0.717) is 0 Å². The summed E-state index contributed by atoms with van der Waals surface area (Å²) >= 11 is 0. The van der Waals surface area contributed by atoms with Gasteiger partial charge in [-0.2, -0.15) is 0 Å². The first-order valence-corrected chi connectivity index (χ1v) is 5.03. The van der Waals surface area contributed by atoms with Crippen LogP contribution < -0.4 is 51.4 Å². The maximum absolute atomic E-state index is 9.75. The maximum Gasteiger partial charge on any atom is 1.00 e. The zero-order chi connectivity index (χ0) is 18.6. The van der Waals surface area contributed by atoms with E-state index < -0.39 is 21.8 Å². The number of hydrogen-bond donors (Lipinski definition) is 0. The molecule has 1 rings (SSSR count). The second-order valence-corrected chi connectivity index (χ2v) is 3.14. The van der Waals surface area contributed by atoms with Crippen LogP contribution in [0.3, 0.4) is 0 Å². The van der Waals surface area contributed by atoms with E-state index in [1.54, 1.807) is 0 Å². The minimum atomic E-state index is -6.00. The third-order valence-electron chi connectivity index (χ3n) is 0.940. The molecule has 0 nitrogen and oxygen atoms in total. The zero-order valence-electron chi connectivity index (χ0n) is 11.7. The molecule has 1 aromatic carbocycles. The quantitative estimate of drug-likeness (QED) is 0.471. The van der Waals surface area contributed by atoms with Crippen molar-refractivity contribution in [2.24, 2.45) is 0 Å². The van der Waals surface area contributed by atoms with E-state index in [2.05, 4.69) is 19.1 Å². The summed E-state index contributed by atoms with van der Waals surface area (Å²) in [5, 5.41) is 0. The molecule has 0 spiro atoms. The van der Waals surface area contributed by atoms with Gasteiger partial charge >= 0.3 is 73.1 Å². The van der Waals surface area contributed by atoms with Crippen molar-refractivity contribution in [3.8, 4) is 0 Å². The van der Waals surface area contributed by atoms with Crippen molar-refractivity contribution < 1.29 is 103 Å². The van der Waals surface area contributed by atoms with Gasteiger partial charge in [-0.05, 0) is 6.92 Å². The molecule has 0 radical (unpaired) electrons. The van der Waals surface area contributed by atoms with Crippen LogP contribution in [0.5, 0.6) is 0 Å². The topological polar surface area (TPSA) is 0 Å². The van der Waals surface area contributed by atoms with Crippen molar-refractivity contribution in [1.29, 1.82) is 0 Å². The summed E-state index contributed by atoms with van der Waals surface area (Å²) in [5.74, 6) is 0. The van der Waals surface area contributed by atoms with Crippen molar-refractivity contribution in [2.45, 2.75) is 6.92 Å². The molecule has 0 N–H and O–H groups in total. The van der Waals surface area contributed by atoms with E-state index in [1.807, 2.05) is 18.2 Å². The Kier molecular flexibility index (Phi) is 19.6. The average molecular weight is 392 g/mol. The second kappa shape index (κ2) is 14.5. The summed E-state index contributed by atoms with van der Waals surface area (Å²) in [5.41, 5.74) is 1.32. The predicted molar refractivity (Wildman–Crippen MR) is 61.7 cm³/mol. The maximum atomic E-state index is 9.75. The first-order chi connectivity index (χ1) is 9.39. The van der Waals surface area contributed by atoms with E-state index in [0.717, 1.165) is 0 Å². The second-order valence-electron chi connectivity index (χ2n) is 3.14. The molecule has 0 bridgehead atoms. The predicted octanol–water partition coefficient (Wildman–Crippen LogP) is 2.90. The summed E-state index contributed by atoms with van der Waals surface area (Å²) in [6.45, 7) is 2.08. The molecule has 0 aromatic heterocycles. The molecule has 0 saturated heterocycles. The van der Waals surface area contributed by atoms with Gasteiger partial charge in [-0.1, -0.05) is 35.9 Å². The standard InChI is InChI=1S/C7H8.3BF4.K/c1-7-5-3-2-4-6-7;3*2-1(3,4)5;/h2-6H,1H3;;;;/q;3*-1;+1. The molecule has 0 atom stereocenters. The molecule has 23 heavy (non-hydrogen) atoms. The van der Waals surface area contributed by atoms with Gasteiger partial charge in [0.1, 0.15) is 0 Å². The Labute approximate surface area is 166 Å². The number of halogens is 12. The first kappa shape index (κ1) is 31.0. The third-order valence-corrected chi connectivity index (χ3v) is 0.940. The smallest absolute Gasteiger partial charge is 0.418 e. The summed E-state index contributed by atoms with van der Waals surface area (Å²) in [4.78, 5) is 0. The fraction of sp³-hybridized carbons (Fsp3) is 0.143. The Balaban J connectivity index is -0.000000105. The first-order valence-electron chi connectivity index (χ1n) is 5.03. The Morgan fingerprint density at radius 2 is 0.696 bits per heavy atom. The minimum Gasteiger partial charge on any atom is -0.418 e. The number of aryl methyl sites for hydroxylation is 1. The van der Waals surface area contributed by atoms with Gasteiger partial charge in [-0.3, -0.25) is 0 Å². The van der Waals surface area contributed by atoms with Crippen LogP contribution in [0.1, 0.15) is 5.56 Å². The summed E-state index contributed by atoms with van der Waals surface area (Å²) < 4.78 is 117. The van der Waals surface area contributed by atoms with Crippen LogP contribution in [-0.4, -0.2) is 21.8 Å². The Morgan fingerprint density at radius 3 is 0.783 bits per heavy atom. The molecule has 1 aromatic rings. The van der Waals surface area contributed by atoms with Crippen LogP contribution >= 0.6 is 0 Å². The van der Waals surface area contributed by atoms with Crippen molar-refractivity contribution in [3.63, 3.8) is 0 Å². The molecule has 0 amide bonds. The molecule has 0 aliphatic carbocycles. The van der Waals surface area contributed by atoms with Gasteiger partial charge in [-0.25, -0.2) is 0 Å². The van der Waals surface area contributed by atoms with E-state index in [4.69, 9.17) is 0 Å². The van der Waals surface area contributed by atoms with Gasteiger partial charge in [0.15, 0.2) is 0 Å². The molecule has 132 valence electrons. The van der Waals surface area contributed by atoms with Crippen molar-refractivity contribution in [1.82, 2.24) is 0 Å². The van der Waals surface area contributed by atoms with Gasteiger partial charge in [0.05, 0.1) is 0 Å². The Morgan fingerprint density at radius 1 is 0.522 bits per heavy atom. The molecule has 0 aliphatic heterocycles. The van der Waals surface area contributed by atoms with Crippen LogP contribution in [0.25, 0.3) is 0 Å². The molecule has 0 heterocycles. The minimum absolute atomic E-state index is 0. The number of hydrogen-bond acceptors (Lipinski definition) is 0. The number of benzene rings is 1. The Hall–Kier alpha value is 0.211. The van der Waals surface area contributed by atoms with E-state index in [-0.39, 0.29) is 51.4 Å². The Bertz CT molecular complexity index is 315. The van der Waals surface area contributed by atoms with Crippen LogP contribution in [-0.2, 0) is 0 Å². The van der Waals surface area contributed by atoms with Crippen molar-refractivity contribution >= 4 is 21.8 Å². The molecule has 0 saturated carbocycles. The van der Waals surface area contributed by atoms with Gasteiger partial charge in [0.2, 0.25) is 0 Å². The van der Waals surface area contributed by atoms with Gasteiger partial charge < -0.3 is 51.8 Å². The fourth-order valence-electron chi connectivity index (χ4n) is 0.534. The van der Waals surface area contributed by atoms with Crippen molar-refractivity contribution in [3.05, 3.63) is 35.9 Å². The van der Waals surface area contributed by atoms with Gasteiger partial charge in [0.25, 0.3) is 0 Å². The van der Waals surface area contributed by atoms with E-state index in [1.165, 1.54) is 5.56 Å². The molecular weight excluding hydrogens is 384 g/mol. The van der Waals surface area contributed by atoms with Crippen LogP contribution in [0.2, 0.25) is 0 Å². The molecule has 16 heteroatoms. The number of rotatable bonds is 0. The average Bonchev–Trinajstić information content (AvgIpc) is 2.09. The van der Waals surface area contributed by atoms with Crippen molar-refractivity contribution in [2.75, 3.05) is 0 Å². The molecule has 0 fully saturated rings. The molecule has 0 unspecified atom stereocenters. The third kappa shape index (κ3) is 135. The molecular formula is C7H8B3F12K-2. The monoisotopic (exact) mass is 392 g/mol. The fourth-order valence-corrected chi connectivity index (χ4v) is 0.534.